The molecule has 2 aromatic heterocycles. The Labute approximate surface area is 164 Å². The van der Waals surface area contributed by atoms with Crippen molar-refractivity contribution in [2.75, 3.05) is 19.6 Å². The number of nitrogens with two attached hydrogens (primary N) is 1. The molecule has 7 heteroatoms. The van der Waals surface area contributed by atoms with Crippen molar-refractivity contribution in [3.8, 4) is 17.2 Å². The molecule has 1 aromatic carbocycles. The topological polar surface area (TPSA) is 82.0 Å². The molecule has 146 valence electrons. The fraction of sp³-hybridized carbons (Fsp3) is 0.381. The number of hydrogen-bond acceptors (Lipinski definition) is 4. The van der Waals surface area contributed by atoms with Crippen LogP contribution in [0.25, 0.3) is 17.2 Å². The maximum atomic E-state index is 11.5. The van der Waals surface area contributed by atoms with Gasteiger partial charge in [0.2, 0.25) is 5.91 Å². The van der Waals surface area contributed by atoms with Crippen molar-refractivity contribution in [2.24, 2.45) is 11.7 Å². The molecule has 4 rings (SSSR count). The predicted octanol–water partition coefficient (Wildman–Crippen LogP) is 2.32. The highest BCUT2D eigenvalue weighted by Crippen LogP contribution is 2.21. The van der Waals surface area contributed by atoms with E-state index >= 15 is 0 Å². The number of carbonyl (C=O) groups is 1. The zero-order valence-electron chi connectivity index (χ0n) is 15.9. The third-order valence-corrected chi connectivity index (χ3v) is 5.37. The summed E-state index contributed by atoms with van der Waals surface area (Å²) in [5.74, 6) is 0.739. The fourth-order valence-corrected chi connectivity index (χ4v) is 3.93. The number of piperidine rings is 1. The molecule has 28 heavy (non-hydrogen) atoms. The van der Waals surface area contributed by atoms with E-state index in [0.29, 0.717) is 0 Å². The van der Waals surface area contributed by atoms with Crippen LogP contribution < -0.4 is 5.73 Å². The number of carbonyl (C=O) groups excluding carboxylic acids is 1. The Bertz CT molecular complexity index is 916. The van der Waals surface area contributed by atoms with E-state index in [2.05, 4.69) is 19.5 Å². The van der Waals surface area contributed by atoms with Gasteiger partial charge in [-0.1, -0.05) is 18.2 Å². The Balaban J connectivity index is 1.42. The van der Waals surface area contributed by atoms with E-state index in [0.717, 1.165) is 62.6 Å². The number of nitrogens with zero attached hydrogens (tertiary/aromatic N) is 5. The molecule has 1 atom stereocenters. The lowest BCUT2D eigenvalue weighted by Gasteiger charge is -2.31. The van der Waals surface area contributed by atoms with Gasteiger partial charge in [0, 0.05) is 25.5 Å². The highest BCUT2D eigenvalue weighted by molar-refractivity contribution is 5.76. The summed E-state index contributed by atoms with van der Waals surface area (Å²) in [5.41, 5.74) is 7.48. The van der Waals surface area contributed by atoms with Crippen molar-refractivity contribution < 1.29 is 4.79 Å². The van der Waals surface area contributed by atoms with E-state index in [1.54, 1.807) is 6.20 Å². The van der Waals surface area contributed by atoms with Crippen LogP contribution in [0.5, 0.6) is 0 Å². The molecule has 1 fully saturated rings. The summed E-state index contributed by atoms with van der Waals surface area (Å²) in [4.78, 5) is 18.4. The van der Waals surface area contributed by atoms with Crippen molar-refractivity contribution in [3.63, 3.8) is 0 Å². The van der Waals surface area contributed by atoms with Crippen LogP contribution in [0.4, 0.5) is 0 Å². The number of primary amides is 1. The first kappa shape index (κ1) is 18.4. The van der Waals surface area contributed by atoms with Crippen LogP contribution in [0.1, 0.15) is 19.3 Å². The second-order valence-electron chi connectivity index (χ2n) is 7.30. The first-order chi connectivity index (χ1) is 13.7. The highest BCUT2D eigenvalue weighted by atomic mass is 16.1. The van der Waals surface area contributed by atoms with E-state index in [4.69, 9.17) is 5.73 Å². The number of imidazole rings is 1. The fourth-order valence-electron chi connectivity index (χ4n) is 3.93. The molecule has 1 amide bonds. The third kappa shape index (κ3) is 3.99. The van der Waals surface area contributed by atoms with Crippen LogP contribution in [0.2, 0.25) is 0 Å². The average molecular weight is 378 g/mol. The van der Waals surface area contributed by atoms with Gasteiger partial charge in [-0.25, -0.2) is 9.67 Å². The van der Waals surface area contributed by atoms with E-state index < -0.39 is 0 Å². The second-order valence-corrected chi connectivity index (χ2v) is 7.30. The molecule has 3 aromatic rings. The van der Waals surface area contributed by atoms with E-state index in [1.807, 2.05) is 53.5 Å². The molecular formula is C21H26N6O. The molecule has 0 radical (unpaired) electrons. The van der Waals surface area contributed by atoms with Gasteiger partial charge >= 0.3 is 0 Å². The van der Waals surface area contributed by atoms with Crippen LogP contribution in [-0.2, 0) is 11.3 Å². The molecule has 1 saturated heterocycles. The summed E-state index contributed by atoms with van der Waals surface area (Å²) in [6, 6.07) is 12.1. The lowest BCUT2D eigenvalue weighted by molar-refractivity contribution is -0.123. The maximum Gasteiger partial charge on any atom is 0.221 e. The number of aryl methyl sites for hydroxylation is 1. The Hall–Kier alpha value is -2.93. The summed E-state index contributed by atoms with van der Waals surface area (Å²) >= 11 is 0. The first-order valence-corrected chi connectivity index (χ1v) is 9.85. The minimum Gasteiger partial charge on any atom is -0.369 e. The Kier molecular flexibility index (Phi) is 5.53. The lowest BCUT2D eigenvalue weighted by Crippen LogP contribution is -2.41. The first-order valence-electron chi connectivity index (χ1n) is 9.85. The van der Waals surface area contributed by atoms with Gasteiger partial charge in [-0.15, -0.1) is 0 Å². The number of amides is 1. The Morgan fingerprint density at radius 1 is 1.14 bits per heavy atom. The summed E-state index contributed by atoms with van der Waals surface area (Å²) in [6.07, 6.45) is 8.61. The van der Waals surface area contributed by atoms with Crippen molar-refractivity contribution in [1.82, 2.24) is 24.2 Å². The number of benzene rings is 1. The van der Waals surface area contributed by atoms with Gasteiger partial charge in [0.1, 0.15) is 5.69 Å². The molecule has 2 N–H and O–H groups in total. The SMILES string of the molecule is NC(=O)C1CCCN(CCCn2ccnc2-c2ccnn2-c2ccccc2)C1. The normalized spacial score (nSPS) is 17.6. The quantitative estimate of drug-likeness (QED) is 0.684. The van der Waals surface area contributed by atoms with Crippen molar-refractivity contribution >= 4 is 5.91 Å². The van der Waals surface area contributed by atoms with E-state index in [1.165, 1.54) is 0 Å². The minimum absolute atomic E-state index is 0.00206. The lowest BCUT2D eigenvalue weighted by atomic mass is 9.97. The molecule has 1 aliphatic rings. The largest absolute Gasteiger partial charge is 0.369 e. The summed E-state index contributed by atoms with van der Waals surface area (Å²) < 4.78 is 4.09. The van der Waals surface area contributed by atoms with Crippen LogP contribution in [0.15, 0.2) is 55.0 Å². The molecule has 1 unspecified atom stereocenters. The molecule has 0 bridgehead atoms. The zero-order valence-corrected chi connectivity index (χ0v) is 15.9. The molecular weight excluding hydrogens is 352 g/mol. The molecule has 7 nitrogen and oxygen atoms in total. The van der Waals surface area contributed by atoms with E-state index in [9.17, 15) is 4.79 Å². The third-order valence-electron chi connectivity index (χ3n) is 5.37. The van der Waals surface area contributed by atoms with Crippen LogP contribution >= 0.6 is 0 Å². The highest BCUT2D eigenvalue weighted by Gasteiger charge is 2.23. The maximum absolute atomic E-state index is 11.5. The molecule has 0 saturated carbocycles. The number of hydrogen-bond donors (Lipinski definition) is 1. The monoisotopic (exact) mass is 378 g/mol. The molecule has 3 heterocycles. The molecule has 1 aliphatic heterocycles. The zero-order chi connectivity index (χ0) is 19.3. The Morgan fingerprint density at radius 3 is 2.82 bits per heavy atom. The summed E-state index contributed by atoms with van der Waals surface area (Å²) in [6.45, 7) is 3.65. The van der Waals surface area contributed by atoms with Crippen LogP contribution in [0, 0.1) is 5.92 Å². The van der Waals surface area contributed by atoms with Crippen molar-refractivity contribution in [2.45, 2.75) is 25.8 Å². The number of para-hydroxylation sites is 1. The predicted molar refractivity (Wildman–Crippen MR) is 108 cm³/mol. The van der Waals surface area contributed by atoms with E-state index in [-0.39, 0.29) is 11.8 Å². The van der Waals surface area contributed by atoms with Gasteiger partial charge in [-0.3, -0.25) is 4.79 Å². The van der Waals surface area contributed by atoms with Gasteiger partial charge in [-0.05, 0) is 50.6 Å². The van der Waals surface area contributed by atoms with Gasteiger partial charge < -0.3 is 15.2 Å². The number of rotatable bonds is 7. The van der Waals surface area contributed by atoms with Gasteiger partial charge in [0.15, 0.2) is 5.82 Å². The standard InChI is InChI=1S/C21H26N6O/c22-20(28)17-6-4-12-25(16-17)13-5-14-26-15-11-23-21(26)19-9-10-24-27(19)18-7-2-1-3-8-18/h1-3,7-11,15,17H,4-6,12-14,16H2,(H2,22,28). The summed E-state index contributed by atoms with van der Waals surface area (Å²) in [5, 5.41) is 4.47. The second kappa shape index (κ2) is 8.39. The molecule has 0 spiro atoms. The van der Waals surface area contributed by atoms with Crippen LogP contribution in [-0.4, -0.2) is 49.8 Å². The van der Waals surface area contributed by atoms with Crippen LogP contribution in [0.3, 0.4) is 0 Å². The Morgan fingerprint density at radius 2 is 2.00 bits per heavy atom. The number of aromatic nitrogens is 4. The van der Waals surface area contributed by atoms with Crippen molar-refractivity contribution in [1.29, 1.82) is 0 Å². The van der Waals surface area contributed by atoms with Gasteiger partial charge in [0.05, 0.1) is 17.8 Å². The molecule has 0 aliphatic carbocycles. The van der Waals surface area contributed by atoms with Crippen molar-refractivity contribution in [3.05, 3.63) is 55.0 Å². The average Bonchev–Trinajstić information content (AvgIpc) is 3.38. The number of likely N-dealkylation sites (tertiary alicyclic amines) is 1. The van der Waals surface area contributed by atoms with Gasteiger partial charge in [-0.2, -0.15) is 5.10 Å². The minimum atomic E-state index is -0.171. The summed E-state index contributed by atoms with van der Waals surface area (Å²) in [7, 11) is 0. The smallest absolute Gasteiger partial charge is 0.221 e. The van der Waals surface area contributed by atoms with Gasteiger partial charge in [0.25, 0.3) is 0 Å².